The summed E-state index contributed by atoms with van der Waals surface area (Å²) in [6.07, 6.45) is 0. The number of fused-ring (bicyclic) bond motifs is 1. The quantitative estimate of drug-likeness (QED) is 0.456. The number of hydrogen-bond donors (Lipinski definition) is 1. The molecule has 0 fully saturated rings. The molecule has 1 amide bonds. The van der Waals surface area contributed by atoms with Crippen LogP contribution in [0, 0.1) is 11.6 Å². The molecule has 0 unspecified atom stereocenters. The van der Waals surface area contributed by atoms with Crippen molar-refractivity contribution >= 4 is 38.8 Å². The van der Waals surface area contributed by atoms with Crippen molar-refractivity contribution in [3.63, 3.8) is 0 Å². The lowest BCUT2D eigenvalue weighted by atomic mass is 10.2. The van der Waals surface area contributed by atoms with Crippen LogP contribution in [0.4, 0.5) is 20.2 Å². The highest BCUT2D eigenvalue weighted by Gasteiger charge is 2.25. The number of para-hydroxylation sites is 1. The number of aromatic nitrogens is 1. The van der Waals surface area contributed by atoms with Crippen LogP contribution in [-0.2, 0) is 4.84 Å². The van der Waals surface area contributed by atoms with Crippen LogP contribution in [0.1, 0.15) is 9.67 Å². The molecule has 9 heteroatoms. The lowest BCUT2D eigenvalue weighted by molar-refractivity contribution is -0.0753. The van der Waals surface area contributed by atoms with Crippen LogP contribution in [0.25, 0.3) is 15.9 Å². The molecular weight excluding hydrogens is 424 g/mol. The maximum Gasteiger partial charge on any atom is 0.289 e. The zero-order valence-corrected chi connectivity index (χ0v) is 17.4. The first-order valence-electron chi connectivity index (χ1n) is 9.19. The number of benzene rings is 2. The van der Waals surface area contributed by atoms with Crippen molar-refractivity contribution in [2.75, 3.05) is 19.5 Å². The van der Waals surface area contributed by atoms with Crippen LogP contribution in [0.5, 0.6) is 0 Å². The number of anilines is 2. The van der Waals surface area contributed by atoms with E-state index in [0.29, 0.717) is 21.6 Å². The number of pyridine rings is 1. The third-order valence-electron chi connectivity index (χ3n) is 4.70. The van der Waals surface area contributed by atoms with E-state index >= 15 is 0 Å². The fourth-order valence-electron chi connectivity index (χ4n) is 3.13. The molecule has 0 aliphatic heterocycles. The molecule has 0 spiro atoms. The van der Waals surface area contributed by atoms with Gasteiger partial charge in [-0.15, -0.1) is 11.3 Å². The number of hydrogen-bond acceptors (Lipinski definition) is 5. The third-order valence-corrected chi connectivity index (χ3v) is 5.88. The summed E-state index contributed by atoms with van der Waals surface area (Å²) < 4.78 is 29.2. The van der Waals surface area contributed by atoms with E-state index in [0.717, 1.165) is 28.5 Å². The van der Waals surface area contributed by atoms with E-state index in [1.165, 1.54) is 30.9 Å². The summed E-state index contributed by atoms with van der Waals surface area (Å²) in [5.41, 5.74) is 0.633. The van der Waals surface area contributed by atoms with E-state index in [1.807, 2.05) is 6.07 Å². The molecule has 0 aliphatic carbocycles. The van der Waals surface area contributed by atoms with E-state index in [9.17, 15) is 18.4 Å². The van der Waals surface area contributed by atoms with Crippen LogP contribution in [0.2, 0.25) is 0 Å². The molecule has 31 heavy (non-hydrogen) atoms. The normalized spacial score (nSPS) is 11.0. The molecule has 4 rings (SSSR count). The van der Waals surface area contributed by atoms with Crippen molar-refractivity contribution in [2.45, 2.75) is 0 Å². The maximum absolute atomic E-state index is 14.3. The number of hydroxylamine groups is 2. The highest BCUT2D eigenvalue weighted by atomic mass is 32.1. The fraction of sp³-hybridized carbons (Fsp3) is 0.0909. The van der Waals surface area contributed by atoms with Gasteiger partial charge >= 0.3 is 0 Å². The molecule has 4 aromatic rings. The van der Waals surface area contributed by atoms with Gasteiger partial charge in [-0.1, -0.05) is 18.2 Å². The molecule has 1 N–H and O–H groups in total. The monoisotopic (exact) mass is 441 g/mol. The SMILES string of the molecule is CON(C)C(=O)c1sc2c(ccc(=O)n2-c2ccccc2)c1Nc1ccc(F)cc1F. The lowest BCUT2D eigenvalue weighted by Gasteiger charge is -2.14. The largest absolute Gasteiger partial charge is 0.351 e. The minimum Gasteiger partial charge on any atom is -0.351 e. The number of carbonyl (C=O) groups is 1. The van der Waals surface area contributed by atoms with Gasteiger partial charge in [0, 0.05) is 24.6 Å². The van der Waals surface area contributed by atoms with Crippen molar-refractivity contribution in [2.24, 2.45) is 0 Å². The first kappa shape index (κ1) is 20.7. The molecule has 2 heterocycles. The van der Waals surface area contributed by atoms with Crippen LogP contribution >= 0.6 is 11.3 Å². The predicted octanol–water partition coefficient (Wildman–Crippen LogP) is 4.71. The second-order valence-electron chi connectivity index (χ2n) is 6.60. The molecule has 2 aromatic carbocycles. The smallest absolute Gasteiger partial charge is 0.289 e. The van der Waals surface area contributed by atoms with Gasteiger partial charge in [0.25, 0.3) is 11.5 Å². The molecule has 0 radical (unpaired) electrons. The molecule has 6 nitrogen and oxygen atoms in total. The number of nitrogens with one attached hydrogen (secondary N) is 1. The summed E-state index contributed by atoms with van der Waals surface area (Å²) in [5, 5.41) is 4.46. The zero-order valence-electron chi connectivity index (χ0n) is 16.6. The number of amides is 1. The Hall–Kier alpha value is -3.56. The molecule has 0 bridgehead atoms. The van der Waals surface area contributed by atoms with Gasteiger partial charge in [0.2, 0.25) is 0 Å². The average Bonchev–Trinajstić information content (AvgIpc) is 3.13. The molecule has 0 atom stereocenters. The number of rotatable bonds is 5. The first-order chi connectivity index (χ1) is 14.9. The Bertz CT molecular complexity index is 1340. The van der Waals surface area contributed by atoms with Gasteiger partial charge in [0.05, 0.1) is 24.2 Å². The van der Waals surface area contributed by atoms with Crippen LogP contribution in [0.15, 0.2) is 65.5 Å². The number of nitrogens with zero attached hydrogens (tertiary/aromatic N) is 2. The second kappa shape index (κ2) is 8.29. The highest BCUT2D eigenvalue weighted by Crippen LogP contribution is 2.39. The number of carbonyl (C=O) groups excluding carboxylic acids is 1. The highest BCUT2D eigenvalue weighted by molar-refractivity contribution is 7.21. The van der Waals surface area contributed by atoms with Crippen LogP contribution < -0.4 is 10.9 Å². The van der Waals surface area contributed by atoms with Crippen molar-refractivity contribution in [1.29, 1.82) is 0 Å². The van der Waals surface area contributed by atoms with Gasteiger partial charge in [-0.25, -0.2) is 13.8 Å². The summed E-state index contributed by atoms with van der Waals surface area (Å²) in [6, 6.07) is 15.0. The molecule has 0 saturated carbocycles. The fourth-order valence-corrected chi connectivity index (χ4v) is 4.37. The van der Waals surface area contributed by atoms with E-state index in [-0.39, 0.29) is 16.1 Å². The van der Waals surface area contributed by atoms with Crippen LogP contribution in [-0.4, -0.2) is 29.7 Å². The molecular formula is C22H17F2N3O3S. The summed E-state index contributed by atoms with van der Waals surface area (Å²) in [4.78, 5) is 31.4. The van der Waals surface area contributed by atoms with E-state index in [1.54, 1.807) is 30.3 Å². The minimum absolute atomic E-state index is 0.00678. The molecule has 0 aliphatic rings. The van der Waals surface area contributed by atoms with Gasteiger partial charge in [-0.2, -0.15) is 0 Å². The average molecular weight is 441 g/mol. The van der Waals surface area contributed by atoms with E-state index in [4.69, 9.17) is 4.84 Å². The minimum atomic E-state index is -0.811. The van der Waals surface area contributed by atoms with Crippen LogP contribution in [0.3, 0.4) is 0 Å². The summed E-state index contributed by atoms with van der Waals surface area (Å²) in [7, 11) is 2.79. The van der Waals surface area contributed by atoms with E-state index in [2.05, 4.69) is 5.32 Å². The summed E-state index contributed by atoms with van der Waals surface area (Å²) in [5.74, 6) is -2.01. The van der Waals surface area contributed by atoms with Gasteiger partial charge in [-0.3, -0.25) is 19.0 Å². The molecule has 0 saturated heterocycles. The predicted molar refractivity (Wildman–Crippen MR) is 116 cm³/mol. The third kappa shape index (κ3) is 3.80. The van der Waals surface area contributed by atoms with Crippen molar-refractivity contribution < 1.29 is 18.4 Å². The Balaban J connectivity index is 1.98. The van der Waals surface area contributed by atoms with Crippen molar-refractivity contribution in [3.05, 3.63) is 87.5 Å². The zero-order chi connectivity index (χ0) is 22.1. The topological polar surface area (TPSA) is 63.6 Å². The summed E-state index contributed by atoms with van der Waals surface area (Å²) >= 11 is 1.07. The Morgan fingerprint density at radius 2 is 1.84 bits per heavy atom. The van der Waals surface area contributed by atoms with Gasteiger partial charge < -0.3 is 5.32 Å². The van der Waals surface area contributed by atoms with Gasteiger partial charge in [0.1, 0.15) is 21.3 Å². The lowest BCUT2D eigenvalue weighted by Crippen LogP contribution is -2.25. The Kier molecular flexibility index (Phi) is 5.53. The maximum atomic E-state index is 14.3. The Labute approximate surface area is 179 Å². The Morgan fingerprint density at radius 3 is 2.52 bits per heavy atom. The summed E-state index contributed by atoms with van der Waals surface area (Å²) in [6.45, 7) is 0. The molecule has 2 aromatic heterocycles. The van der Waals surface area contributed by atoms with Gasteiger partial charge in [-0.05, 0) is 30.3 Å². The van der Waals surface area contributed by atoms with Crippen molar-refractivity contribution in [1.82, 2.24) is 9.63 Å². The van der Waals surface area contributed by atoms with Crippen molar-refractivity contribution in [3.8, 4) is 5.69 Å². The van der Waals surface area contributed by atoms with E-state index < -0.39 is 17.5 Å². The first-order valence-corrected chi connectivity index (χ1v) is 10.0. The number of halogens is 2. The standard InChI is InChI=1S/C22H17F2N3O3S/c1-26(30-2)21(29)20-19(25-17-10-8-13(23)12-16(17)24)15-9-11-18(28)27(22(15)31-20)14-6-4-3-5-7-14/h3-12,25H,1-2H3. The number of thiophene rings is 1. The van der Waals surface area contributed by atoms with Gasteiger partial charge in [0.15, 0.2) is 0 Å². The Morgan fingerprint density at radius 1 is 1.10 bits per heavy atom. The second-order valence-corrected chi connectivity index (χ2v) is 7.60. The molecule has 158 valence electrons.